The predicted molar refractivity (Wildman–Crippen MR) is 146 cm³/mol. The van der Waals surface area contributed by atoms with E-state index in [0.29, 0.717) is 36.3 Å². The Bertz CT molecular complexity index is 1320. The second kappa shape index (κ2) is 12.3. The fourth-order valence-electron chi connectivity index (χ4n) is 3.90. The minimum Gasteiger partial charge on any atom is -0.497 e. The number of benzene rings is 3. The zero-order valence-electron chi connectivity index (χ0n) is 21.3. The summed E-state index contributed by atoms with van der Waals surface area (Å²) < 4.78 is 13.4. The number of hydrogen-bond acceptors (Lipinski definition) is 4. The maximum absolute atomic E-state index is 13.2. The zero-order valence-corrected chi connectivity index (χ0v) is 22.0. The number of amides is 2. The van der Waals surface area contributed by atoms with Crippen LogP contribution in [-0.2, 0) is 13.1 Å². The van der Waals surface area contributed by atoms with Gasteiger partial charge in [0.2, 0.25) is 5.88 Å². The average molecular weight is 519 g/mol. The van der Waals surface area contributed by atoms with Gasteiger partial charge in [0.15, 0.2) is 0 Å². The number of nitrogens with one attached hydrogen (secondary N) is 1. The summed E-state index contributed by atoms with van der Waals surface area (Å²) in [5, 5.41) is 8.38. The number of rotatable bonds is 10. The molecule has 4 rings (SSSR count). The molecular weight excluding hydrogens is 488 g/mol. The highest BCUT2D eigenvalue weighted by Gasteiger charge is 2.24. The number of aromatic nitrogens is 2. The van der Waals surface area contributed by atoms with E-state index >= 15 is 0 Å². The van der Waals surface area contributed by atoms with Crippen molar-refractivity contribution in [2.24, 2.45) is 0 Å². The Hall–Kier alpha value is -3.97. The van der Waals surface area contributed by atoms with E-state index in [1.165, 1.54) is 0 Å². The van der Waals surface area contributed by atoms with Crippen molar-refractivity contribution in [2.75, 3.05) is 13.7 Å². The smallest absolute Gasteiger partial charge is 0.318 e. The molecule has 192 valence electrons. The van der Waals surface area contributed by atoms with Crippen LogP contribution in [0, 0.1) is 6.92 Å². The van der Waals surface area contributed by atoms with E-state index in [1.54, 1.807) is 16.7 Å². The van der Waals surface area contributed by atoms with Crippen molar-refractivity contribution >= 4 is 17.6 Å². The molecule has 0 saturated heterocycles. The first kappa shape index (κ1) is 26.1. The summed E-state index contributed by atoms with van der Waals surface area (Å²) in [5.41, 5.74) is 3.35. The third kappa shape index (κ3) is 6.62. The van der Waals surface area contributed by atoms with Gasteiger partial charge in [-0.05, 0) is 61.4 Å². The number of carbonyl (C=O) groups is 1. The molecule has 0 bridgehead atoms. The number of urea groups is 1. The largest absolute Gasteiger partial charge is 0.497 e. The molecule has 0 saturated carbocycles. The monoisotopic (exact) mass is 518 g/mol. The highest BCUT2D eigenvalue weighted by Crippen LogP contribution is 2.33. The summed E-state index contributed by atoms with van der Waals surface area (Å²) in [5.74, 6) is 1.87. The van der Waals surface area contributed by atoms with Gasteiger partial charge in [0.25, 0.3) is 0 Å². The SMILES string of the molecule is CCCNC(=O)N(Cc1ccccc1)Cc1c(C)nn(-c2cccc(Cl)c2)c1Oc1ccc(OC)cc1. The number of nitrogens with zero attached hydrogens (tertiary/aromatic N) is 3. The number of hydrogen-bond donors (Lipinski definition) is 1. The molecule has 0 spiro atoms. The van der Waals surface area contributed by atoms with Crippen molar-refractivity contribution in [1.82, 2.24) is 20.0 Å². The van der Waals surface area contributed by atoms with E-state index in [2.05, 4.69) is 5.32 Å². The first-order chi connectivity index (χ1) is 18.0. The van der Waals surface area contributed by atoms with Crippen LogP contribution < -0.4 is 14.8 Å². The first-order valence-corrected chi connectivity index (χ1v) is 12.6. The van der Waals surface area contributed by atoms with Crippen LogP contribution >= 0.6 is 11.6 Å². The summed E-state index contributed by atoms with van der Waals surface area (Å²) in [6.45, 7) is 5.30. The van der Waals surface area contributed by atoms with Crippen molar-refractivity contribution in [3.63, 3.8) is 0 Å². The zero-order chi connectivity index (χ0) is 26.2. The van der Waals surface area contributed by atoms with Crippen molar-refractivity contribution in [2.45, 2.75) is 33.4 Å². The molecule has 0 aliphatic carbocycles. The maximum Gasteiger partial charge on any atom is 0.318 e. The summed E-state index contributed by atoms with van der Waals surface area (Å²) >= 11 is 6.29. The Kier molecular flexibility index (Phi) is 8.69. The highest BCUT2D eigenvalue weighted by molar-refractivity contribution is 6.30. The molecule has 8 heteroatoms. The molecule has 1 heterocycles. The summed E-state index contributed by atoms with van der Waals surface area (Å²) in [7, 11) is 1.62. The highest BCUT2D eigenvalue weighted by atomic mass is 35.5. The molecule has 4 aromatic rings. The second-order valence-electron chi connectivity index (χ2n) is 8.61. The molecular formula is C29H31ClN4O3. The average Bonchev–Trinajstić information content (AvgIpc) is 3.22. The molecule has 0 aliphatic rings. The normalized spacial score (nSPS) is 10.7. The Morgan fingerprint density at radius 2 is 1.73 bits per heavy atom. The van der Waals surface area contributed by atoms with E-state index < -0.39 is 0 Å². The lowest BCUT2D eigenvalue weighted by Gasteiger charge is -2.24. The van der Waals surface area contributed by atoms with Gasteiger partial charge in [-0.25, -0.2) is 9.48 Å². The minimum absolute atomic E-state index is 0.143. The number of halogens is 1. The molecule has 37 heavy (non-hydrogen) atoms. The van der Waals surface area contributed by atoms with E-state index in [4.69, 9.17) is 26.2 Å². The van der Waals surface area contributed by atoms with Gasteiger partial charge in [-0.1, -0.05) is 54.9 Å². The quantitative estimate of drug-likeness (QED) is 0.252. The number of methoxy groups -OCH3 is 1. The van der Waals surface area contributed by atoms with Gasteiger partial charge in [-0.2, -0.15) is 5.10 Å². The molecule has 1 N–H and O–H groups in total. The van der Waals surface area contributed by atoms with Crippen molar-refractivity contribution in [3.05, 3.63) is 101 Å². The van der Waals surface area contributed by atoms with Crippen LogP contribution in [0.4, 0.5) is 4.79 Å². The Balaban J connectivity index is 1.75. The molecule has 0 atom stereocenters. The topological polar surface area (TPSA) is 68.6 Å². The van der Waals surface area contributed by atoms with Crippen molar-refractivity contribution in [3.8, 4) is 23.1 Å². The summed E-state index contributed by atoms with van der Waals surface area (Å²) in [4.78, 5) is 15.0. The van der Waals surface area contributed by atoms with Crippen LogP contribution in [-0.4, -0.2) is 34.4 Å². The molecule has 1 aromatic heterocycles. The Labute approximate surface area is 222 Å². The lowest BCUT2D eigenvalue weighted by molar-refractivity contribution is 0.191. The molecule has 0 radical (unpaired) electrons. The number of carbonyl (C=O) groups excluding carboxylic acids is 1. The van der Waals surface area contributed by atoms with Gasteiger partial charge >= 0.3 is 6.03 Å². The van der Waals surface area contributed by atoms with Crippen LogP contribution in [0.15, 0.2) is 78.9 Å². The van der Waals surface area contributed by atoms with Crippen molar-refractivity contribution < 1.29 is 14.3 Å². The third-order valence-electron chi connectivity index (χ3n) is 5.84. The van der Waals surface area contributed by atoms with E-state index in [0.717, 1.165) is 34.7 Å². The maximum atomic E-state index is 13.2. The molecule has 0 fully saturated rings. The van der Waals surface area contributed by atoms with Crippen molar-refractivity contribution in [1.29, 1.82) is 0 Å². The van der Waals surface area contributed by atoms with Gasteiger partial charge in [0.1, 0.15) is 11.5 Å². The number of ether oxygens (including phenoxy) is 2. The lowest BCUT2D eigenvalue weighted by Crippen LogP contribution is -2.39. The fourth-order valence-corrected chi connectivity index (χ4v) is 4.09. The minimum atomic E-state index is -0.143. The van der Waals surface area contributed by atoms with Gasteiger partial charge in [-0.3, -0.25) is 0 Å². The first-order valence-electron chi connectivity index (χ1n) is 12.2. The number of aryl methyl sites for hydroxylation is 1. The van der Waals surface area contributed by atoms with Crippen LogP contribution in [0.5, 0.6) is 17.4 Å². The summed E-state index contributed by atoms with van der Waals surface area (Å²) in [6, 6.07) is 24.5. The van der Waals surface area contributed by atoms with Crippen LogP contribution in [0.3, 0.4) is 0 Å². The predicted octanol–water partition coefficient (Wildman–Crippen LogP) is 6.76. The van der Waals surface area contributed by atoms with Gasteiger partial charge in [0, 0.05) is 18.1 Å². The van der Waals surface area contributed by atoms with E-state index in [9.17, 15) is 4.79 Å². The molecule has 7 nitrogen and oxygen atoms in total. The van der Waals surface area contributed by atoms with Gasteiger partial charge < -0.3 is 19.7 Å². The molecule has 0 unspecified atom stereocenters. The molecule has 2 amide bonds. The summed E-state index contributed by atoms with van der Waals surface area (Å²) in [6.07, 6.45) is 0.850. The van der Waals surface area contributed by atoms with Gasteiger partial charge in [-0.15, -0.1) is 0 Å². The van der Waals surface area contributed by atoms with Crippen LogP contribution in [0.1, 0.15) is 30.2 Å². The standard InChI is InChI=1S/C29H31ClN4O3/c1-4-17-31-29(35)33(19-22-9-6-5-7-10-22)20-27-21(2)32-34(24-12-8-11-23(30)18-24)28(27)37-26-15-13-25(36-3)14-16-26/h5-16,18H,4,17,19-20H2,1-3H3,(H,31,35). The Morgan fingerprint density at radius 1 is 1.00 bits per heavy atom. The molecule has 0 aliphatic heterocycles. The Morgan fingerprint density at radius 3 is 2.41 bits per heavy atom. The lowest BCUT2D eigenvalue weighted by atomic mass is 10.2. The van der Waals surface area contributed by atoms with E-state index in [1.807, 2.05) is 92.7 Å². The van der Waals surface area contributed by atoms with E-state index in [-0.39, 0.29) is 6.03 Å². The van der Waals surface area contributed by atoms with Gasteiger partial charge in [0.05, 0.1) is 30.6 Å². The van der Waals surface area contributed by atoms with Crippen LogP contribution in [0.2, 0.25) is 5.02 Å². The molecule has 3 aromatic carbocycles. The second-order valence-corrected chi connectivity index (χ2v) is 9.05. The third-order valence-corrected chi connectivity index (χ3v) is 6.08. The fraction of sp³-hybridized carbons (Fsp3) is 0.241. The van der Waals surface area contributed by atoms with Crippen LogP contribution in [0.25, 0.3) is 5.69 Å².